The normalized spacial score (nSPS) is 21.7. The van der Waals surface area contributed by atoms with Crippen LogP contribution in [0.4, 0.5) is 5.82 Å². The van der Waals surface area contributed by atoms with E-state index in [4.69, 9.17) is 12.6 Å². The molecule has 1 aromatic carbocycles. The molecule has 1 fully saturated rings. The van der Waals surface area contributed by atoms with Crippen molar-refractivity contribution >= 4 is 39.9 Å². The number of hydrogen-bond donors (Lipinski definition) is 2. The Kier molecular flexibility index (Phi) is 5.63. The fourth-order valence-electron chi connectivity index (χ4n) is 4.33. The van der Waals surface area contributed by atoms with Gasteiger partial charge in [0.2, 0.25) is 0 Å². The van der Waals surface area contributed by atoms with Gasteiger partial charge in [0.15, 0.2) is 0 Å². The fraction of sp³-hybridized carbons (Fsp3) is 0.429. The van der Waals surface area contributed by atoms with Crippen LogP contribution in [0.5, 0.6) is 0 Å². The molecule has 29 heavy (non-hydrogen) atoms. The van der Waals surface area contributed by atoms with Gasteiger partial charge in [0.05, 0.1) is 11.1 Å². The van der Waals surface area contributed by atoms with Crippen LogP contribution in [-0.2, 0) is 15.5 Å². The summed E-state index contributed by atoms with van der Waals surface area (Å²) in [5.74, 6) is 2.08. The predicted octanol–water partition coefficient (Wildman–Crippen LogP) is 2.99. The molecule has 3 aromatic rings. The largest absolute Gasteiger partial charge is 0.356 e. The maximum absolute atomic E-state index is 12.9. The van der Waals surface area contributed by atoms with Crippen LogP contribution in [-0.4, -0.2) is 45.8 Å². The van der Waals surface area contributed by atoms with E-state index in [9.17, 15) is 4.21 Å². The van der Waals surface area contributed by atoms with E-state index >= 15 is 0 Å². The second-order valence-electron chi connectivity index (χ2n) is 8.09. The molecule has 2 radical (unpaired) electrons. The molecule has 2 aromatic heterocycles. The van der Waals surface area contributed by atoms with Crippen molar-refractivity contribution in [2.24, 2.45) is 5.92 Å². The zero-order valence-electron chi connectivity index (χ0n) is 16.7. The van der Waals surface area contributed by atoms with E-state index in [1.54, 1.807) is 18.5 Å². The monoisotopic (exact) mass is 407 g/mol. The summed E-state index contributed by atoms with van der Waals surface area (Å²) in [6.07, 6.45) is 7.52. The highest BCUT2D eigenvalue weighted by Crippen LogP contribution is 2.32. The SMILES string of the molecule is [B]c1ccc(CS(=N)(=O)CC2CCC(N(C)c3ncnc4[nH]ccc34)CC2)cc1. The van der Waals surface area contributed by atoms with Gasteiger partial charge in [-0.1, -0.05) is 29.7 Å². The lowest BCUT2D eigenvalue weighted by Gasteiger charge is -2.35. The molecule has 1 atom stereocenters. The van der Waals surface area contributed by atoms with Gasteiger partial charge in [-0.15, -0.1) is 0 Å². The van der Waals surface area contributed by atoms with Gasteiger partial charge < -0.3 is 9.88 Å². The third-order valence-corrected chi connectivity index (χ3v) is 7.72. The van der Waals surface area contributed by atoms with E-state index in [-0.39, 0.29) is 0 Å². The summed E-state index contributed by atoms with van der Waals surface area (Å²) in [5, 5.41) is 1.04. The molecule has 4 rings (SSSR count). The molecular formula is C21H26BN5OS. The van der Waals surface area contributed by atoms with Crippen molar-refractivity contribution in [1.29, 1.82) is 4.78 Å². The molecule has 2 N–H and O–H groups in total. The second-order valence-corrected chi connectivity index (χ2v) is 10.3. The van der Waals surface area contributed by atoms with Gasteiger partial charge >= 0.3 is 0 Å². The van der Waals surface area contributed by atoms with E-state index in [0.29, 0.717) is 28.9 Å². The van der Waals surface area contributed by atoms with Crippen LogP contribution in [0.25, 0.3) is 11.0 Å². The minimum Gasteiger partial charge on any atom is -0.356 e. The van der Waals surface area contributed by atoms with Crippen LogP contribution in [0.15, 0.2) is 42.9 Å². The van der Waals surface area contributed by atoms with E-state index in [2.05, 4.69) is 26.9 Å². The van der Waals surface area contributed by atoms with Gasteiger partial charge in [-0.05, 0) is 43.2 Å². The summed E-state index contributed by atoms with van der Waals surface area (Å²) in [6.45, 7) is 0. The minimum atomic E-state index is -2.64. The molecular weight excluding hydrogens is 381 g/mol. The van der Waals surface area contributed by atoms with Crippen LogP contribution in [0.2, 0.25) is 0 Å². The van der Waals surface area contributed by atoms with E-state index in [0.717, 1.165) is 48.1 Å². The smallest absolute Gasteiger partial charge is 0.142 e. The summed E-state index contributed by atoms with van der Waals surface area (Å²) in [5.41, 5.74) is 2.47. The lowest BCUT2D eigenvalue weighted by Crippen LogP contribution is -2.37. The third kappa shape index (κ3) is 4.63. The number of aromatic nitrogens is 3. The molecule has 0 bridgehead atoms. The first-order valence-electron chi connectivity index (χ1n) is 10.0. The Morgan fingerprint density at radius 3 is 2.62 bits per heavy atom. The molecule has 0 aliphatic heterocycles. The predicted molar refractivity (Wildman–Crippen MR) is 119 cm³/mol. The molecule has 1 unspecified atom stereocenters. The number of hydrogen-bond acceptors (Lipinski definition) is 5. The number of nitrogens with zero attached hydrogens (tertiary/aromatic N) is 3. The Morgan fingerprint density at radius 2 is 1.90 bits per heavy atom. The van der Waals surface area contributed by atoms with Crippen molar-refractivity contribution < 1.29 is 4.21 Å². The summed E-state index contributed by atoms with van der Waals surface area (Å²) >= 11 is 0. The maximum Gasteiger partial charge on any atom is 0.142 e. The molecule has 0 spiro atoms. The number of H-pyrrole nitrogens is 1. The van der Waals surface area contributed by atoms with Gasteiger partial charge in [0, 0.05) is 34.8 Å². The Bertz CT molecular complexity index is 1070. The lowest BCUT2D eigenvalue weighted by atomic mass is 9.86. The summed E-state index contributed by atoms with van der Waals surface area (Å²) in [7, 11) is 5.17. The topological polar surface area (TPSA) is 85.7 Å². The lowest BCUT2D eigenvalue weighted by molar-refractivity contribution is 0.342. The Balaban J connectivity index is 1.35. The standard InChI is InChI=1S/C21H26BN5OS/c1-27(21-19-10-11-24-20(19)25-14-26-21)18-8-4-16(5-9-18)13-29(23,28)12-15-2-6-17(22)7-3-15/h2-3,6-7,10-11,14,16,18,23H,4-5,8-9,12-13H2,1H3,(H,24,25,26). The van der Waals surface area contributed by atoms with Crippen molar-refractivity contribution in [2.45, 2.75) is 37.5 Å². The first-order valence-corrected chi connectivity index (χ1v) is 11.9. The van der Waals surface area contributed by atoms with Crippen molar-refractivity contribution in [1.82, 2.24) is 15.0 Å². The maximum atomic E-state index is 12.9. The van der Waals surface area contributed by atoms with Crippen LogP contribution in [0.1, 0.15) is 31.2 Å². The fourth-order valence-corrected chi connectivity index (χ4v) is 6.28. The van der Waals surface area contributed by atoms with Gasteiger partial charge in [0.25, 0.3) is 0 Å². The molecule has 0 saturated heterocycles. The van der Waals surface area contributed by atoms with E-state index < -0.39 is 9.73 Å². The highest BCUT2D eigenvalue weighted by atomic mass is 32.2. The van der Waals surface area contributed by atoms with Gasteiger partial charge in [-0.3, -0.25) is 4.78 Å². The van der Waals surface area contributed by atoms with Crippen LogP contribution < -0.4 is 10.4 Å². The van der Waals surface area contributed by atoms with Crippen molar-refractivity contribution in [3.05, 3.63) is 48.4 Å². The van der Waals surface area contributed by atoms with Gasteiger partial charge in [-0.25, -0.2) is 14.2 Å². The van der Waals surface area contributed by atoms with Crippen LogP contribution in [0.3, 0.4) is 0 Å². The Morgan fingerprint density at radius 1 is 1.17 bits per heavy atom. The Labute approximate surface area is 173 Å². The second kappa shape index (κ2) is 8.18. The molecule has 1 aliphatic carbocycles. The summed E-state index contributed by atoms with van der Waals surface area (Å²) in [6, 6.07) is 9.77. The third-order valence-electron chi connectivity index (χ3n) is 5.92. The molecule has 8 heteroatoms. The Hall–Kier alpha value is -2.35. The van der Waals surface area contributed by atoms with Gasteiger partial charge in [-0.2, -0.15) is 0 Å². The van der Waals surface area contributed by atoms with Crippen molar-refractivity contribution in [2.75, 3.05) is 17.7 Å². The van der Waals surface area contributed by atoms with E-state index in [1.165, 1.54) is 0 Å². The minimum absolute atomic E-state index is 0.305. The average Bonchev–Trinajstić information content (AvgIpc) is 3.18. The molecule has 0 amide bonds. The summed E-state index contributed by atoms with van der Waals surface area (Å²) < 4.78 is 21.2. The zero-order valence-corrected chi connectivity index (χ0v) is 17.5. The van der Waals surface area contributed by atoms with Crippen molar-refractivity contribution in [3.63, 3.8) is 0 Å². The number of anilines is 1. The van der Waals surface area contributed by atoms with Crippen LogP contribution >= 0.6 is 0 Å². The molecule has 150 valence electrons. The number of nitrogens with one attached hydrogen (secondary N) is 2. The molecule has 1 aliphatic rings. The zero-order chi connectivity index (χ0) is 20.4. The molecule has 2 heterocycles. The average molecular weight is 407 g/mol. The number of benzene rings is 1. The summed E-state index contributed by atoms with van der Waals surface area (Å²) in [4.78, 5) is 14.1. The number of aromatic amines is 1. The highest BCUT2D eigenvalue weighted by Gasteiger charge is 2.27. The first-order chi connectivity index (χ1) is 13.9. The first kappa shape index (κ1) is 19.9. The molecule has 1 saturated carbocycles. The van der Waals surface area contributed by atoms with E-state index in [1.807, 2.05) is 24.4 Å². The van der Waals surface area contributed by atoms with Crippen molar-refractivity contribution in [3.8, 4) is 0 Å². The number of fused-ring (bicyclic) bond motifs is 1. The van der Waals surface area contributed by atoms with Gasteiger partial charge in [0.1, 0.15) is 25.6 Å². The van der Waals surface area contributed by atoms with Crippen LogP contribution in [0, 0.1) is 10.7 Å². The quantitative estimate of drug-likeness (QED) is 0.616. The molecule has 6 nitrogen and oxygen atoms in total. The highest BCUT2D eigenvalue weighted by molar-refractivity contribution is 7.91. The number of rotatable bonds is 6.